The Morgan fingerprint density at radius 2 is 1.53 bits per heavy atom. The van der Waals surface area contributed by atoms with Gasteiger partial charge in [0, 0.05) is 75.9 Å². The van der Waals surface area contributed by atoms with Gasteiger partial charge < -0.3 is 24.4 Å². The van der Waals surface area contributed by atoms with E-state index in [0.29, 0.717) is 19.2 Å². The number of piperazine rings is 1. The number of anilines is 2. The topological polar surface area (TPSA) is 86.1 Å². The van der Waals surface area contributed by atoms with Crippen molar-refractivity contribution in [2.45, 2.75) is 13.0 Å². The van der Waals surface area contributed by atoms with Crippen molar-refractivity contribution in [1.82, 2.24) is 9.47 Å². The molecular formula is C35H32F4N4O4. The molecule has 1 aliphatic heterocycles. The first-order valence-corrected chi connectivity index (χ1v) is 14.8. The van der Waals surface area contributed by atoms with Gasteiger partial charge in [-0.25, -0.2) is 17.6 Å². The highest BCUT2D eigenvalue weighted by Gasteiger charge is 2.26. The fourth-order valence-corrected chi connectivity index (χ4v) is 5.38. The smallest absolute Gasteiger partial charge is 0.294 e. The SMILES string of the molecule is CN(C)c1ccc(N2CCN(C(=O)C(=O)C=C(O)c3cc(Cc4ccc(F)c(F)c4F)cn(Cc4ccccc4F)c3=O)CC2)cc1. The van der Waals surface area contributed by atoms with Crippen molar-refractivity contribution in [1.29, 1.82) is 0 Å². The number of hydrogen-bond acceptors (Lipinski definition) is 6. The van der Waals surface area contributed by atoms with Gasteiger partial charge in [-0.2, -0.15) is 0 Å². The van der Waals surface area contributed by atoms with E-state index in [1.165, 1.54) is 29.3 Å². The van der Waals surface area contributed by atoms with Gasteiger partial charge in [-0.1, -0.05) is 24.3 Å². The van der Waals surface area contributed by atoms with Gasteiger partial charge >= 0.3 is 0 Å². The Labute approximate surface area is 268 Å². The maximum Gasteiger partial charge on any atom is 0.294 e. The van der Waals surface area contributed by atoms with Crippen LogP contribution in [0.2, 0.25) is 0 Å². The first-order chi connectivity index (χ1) is 22.4. The zero-order chi connectivity index (χ0) is 33.8. The normalized spacial score (nSPS) is 13.5. The van der Waals surface area contributed by atoms with E-state index in [4.69, 9.17) is 0 Å². The second-order valence-corrected chi connectivity index (χ2v) is 11.4. The largest absolute Gasteiger partial charge is 0.507 e. The van der Waals surface area contributed by atoms with E-state index in [9.17, 15) is 37.1 Å². The molecule has 4 aromatic rings. The van der Waals surface area contributed by atoms with E-state index in [1.807, 2.05) is 43.3 Å². The van der Waals surface area contributed by atoms with Crippen LogP contribution in [0.15, 0.2) is 83.8 Å². The maximum absolute atomic E-state index is 14.5. The first kappa shape index (κ1) is 33.0. The Bertz CT molecular complexity index is 1900. The number of ketones is 1. The summed E-state index contributed by atoms with van der Waals surface area (Å²) in [6, 6.07) is 16.5. The summed E-state index contributed by atoms with van der Waals surface area (Å²) in [6.45, 7) is 1.15. The summed E-state index contributed by atoms with van der Waals surface area (Å²) in [4.78, 5) is 44.8. The lowest BCUT2D eigenvalue weighted by Gasteiger charge is -2.35. The van der Waals surface area contributed by atoms with Crippen molar-refractivity contribution in [2.24, 2.45) is 0 Å². The molecule has 1 amide bonds. The summed E-state index contributed by atoms with van der Waals surface area (Å²) in [5.74, 6) is -7.84. The zero-order valence-corrected chi connectivity index (χ0v) is 25.7. The van der Waals surface area contributed by atoms with Crippen LogP contribution in [-0.4, -0.2) is 66.5 Å². The Balaban J connectivity index is 1.38. The number of benzene rings is 3. The molecule has 47 heavy (non-hydrogen) atoms. The molecule has 0 spiro atoms. The number of amides is 1. The Kier molecular flexibility index (Phi) is 9.78. The minimum Gasteiger partial charge on any atom is -0.507 e. The van der Waals surface area contributed by atoms with Gasteiger partial charge in [-0.05, 0) is 53.6 Å². The van der Waals surface area contributed by atoms with Crippen LogP contribution in [0.25, 0.3) is 5.76 Å². The van der Waals surface area contributed by atoms with Crippen molar-refractivity contribution in [3.63, 3.8) is 0 Å². The molecule has 3 aromatic carbocycles. The number of aromatic nitrogens is 1. The molecule has 2 heterocycles. The summed E-state index contributed by atoms with van der Waals surface area (Å²) in [6.07, 6.45) is 1.57. The molecule has 0 radical (unpaired) electrons. The Morgan fingerprint density at radius 3 is 2.19 bits per heavy atom. The highest BCUT2D eigenvalue weighted by atomic mass is 19.2. The van der Waals surface area contributed by atoms with Crippen LogP contribution in [0.1, 0.15) is 22.3 Å². The zero-order valence-electron chi connectivity index (χ0n) is 25.7. The van der Waals surface area contributed by atoms with Gasteiger partial charge in [0.15, 0.2) is 17.5 Å². The highest BCUT2D eigenvalue weighted by molar-refractivity contribution is 6.41. The highest BCUT2D eigenvalue weighted by Crippen LogP contribution is 2.22. The third kappa shape index (κ3) is 7.37. The number of aliphatic hydroxyl groups excluding tert-OH is 1. The monoisotopic (exact) mass is 648 g/mol. The fourth-order valence-electron chi connectivity index (χ4n) is 5.38. The van der Waals surface area contributed by atoms with Gasteiger partial charge in [0.2, 0.25) is 5.78 Å². The fraction of sp³-hybridized carbons (Fsp3) is 0.229. The van der Waals surface area contributed by atoms with Gasteiger partial charge in [-0.3, -0.25) is 14.4 Å². The van der Waals surface area contributed by atoms with Crippen LogP contribution in [0.5, 0.6) is 0 Å². The van der Waals surface area contributed by atoms with Crippen LogP contribution in [0.4, 0.5) is 28.9 Å². The Hall–Kier alpha value is -5.39. The van der Waals surface area contributed by atoms with Gasteiger partial charge in [0.1, 0.15) is 11.6 Å². The molecule has 0 saturated carbocycles. The summed E-state index contributed by atoms with van der Waals surface area (Å²) in [5, 5.41) is 10.9. The van der Waals surface area contributed by atoms with Crippen molar-refractivity contribution >= 4 is 28.8 Å². The lowest BCUT2D eigenvalue weighted by atomic mass is 10.0. The standard InChI is InChI=1S/C35H32F4N4O4/c1-40(2)25-8-10-26(11-9-25)41-13-15-42(16-14-41)35(47)31(45)19-30(44)27-18-22(17-23-7-12-29(37)33(39)32(23)38)20-43(34(27)46)21-24-5-3-4-6-28(24)36/h3-12,18-20,44H,13-17,21H2,1-2H3. The average molecular weight is 649 g/mol. The number of aliphatic hydroxyl groups is 1. The summed E-state index contributed by atoms with van der Waals surface area (Å²) < 4.78 is 57.4. The number of pyridine rings is 1. The second-order valence-electron chi connectivity index (χ2n) is 11.4. The van der Waals surface area contributed by atoms with E-state index in [1.54, 1.807) is 6.07 Å². The van der Waals surface area contributed by atoms with E-state index in [-0.39, 0.29) is 42.7 Å². The van der Waals surface area contributed by atoms with Crippen molar-refractivity contribution < 1.29 is 32.3 Å². The van der Waals surface area contributed by atoms with E-state index >= 15 is 0 Å². The molecule has 8 nitrogen and oxygen atoms in total. The number of rotatable bonds is 9. The second kappa shape index (κ2) is 13.9. The predicted octanol–water partition coefficient (Wildman–Crippen LogP) is 4.93. The average Bonchev–Trinajstić information content (AvgIpc) is 3.07. The molecule has 12 heteroatoms. The van der Waals surface area contributed by atoms with Crippen LogP contribution in [0, 0.1) is 23.3 Å². The molecule has 0 bridgehead atoms. The molecule has 0 atom stereocenters. The maximum atomic E-state index is 14.5. The number of nitrogens with zero attached hydrogens (tertiary/aromatic N) is 4. The summed E-state index contributed by atoms with van der Waals surface area (Å²) in [5.41, 5.74) is 0.809. The van der Waals surface area contributed by atoms with E-state index < -0.39 is 51.8 Å². The number of carbonyl (C=O) groups is 2. The number of carbonyl (C=O) groups excluding carboxylic acids is 2. The third-order valence-corrected chi connectivity index (χ3v) is 8.00. The summed E-state index contributed by atoms with van der Waals surface area (Å²) in [7, 11) is 3.89. The molecule has 1 aliphatic rings. The quantitative estimate of drug-likeness (QED) is 0.0912. The van der Waals surface area contributed by atoms with Gasteiger partial charge in [-0.15, -0.1) is 0 Å². The van der Waals surface area contributed by atoms with Gasteiger partial charge in [0.05, 0.1) is 12.1 Å². The van der Waals surface area contributed by atoms with E-state index in [0.717, 1.165) is 34.1 Å². The molecule has 1 fully saturated rings. The molecule has 0 unspecified atom stereocenters. The molecule has 5 rings (SSSR count). The molecule has 1 N–H and O–H groups in total. The Morgan fingerprint density at radius 1 is 0.851 bits per heavy atom. The number of halogens is 4. The number of hydrogen-bond donors (Lipinski definition) is 1. The third-order valence-electron chi connectivity index (χ3n) is 8.00. The van der Waals surface area contributed by atoms with Crippen molar-refractivity contribution in [3.05, 3.63) is 135 Å². The van der Waals surface area contributed by atoms with Crippen molar-refractivity contribution in [3.8, 4) is 0 Å². The van der Waals surface area contributed by atoms with Crippen LogP contribution in [-0.2, 0) is 22.6 Å². The van der Waals surface area contributed by atoms with Crippen LogP contribution >= 0.6 is 0 Å². The molecule has 244 valence electrons. The van der Waals surface area contributed by atoms with E-state index in [2.05, 4.69) is 4.90 Å². The molecule has 1 aromatic heterocycles. The minimum atomic E-state index is -1.67. The molecule has 1 saturated heterocycles. The minimum absolute atomic E-state index is 0.124. The first-order valence-electron chi connectivity index (χ1n) is 14.8. The van der Waals surface area contributed by atoms with Crippen LogP contribution in [0.3, 0.4) is 0 Å². The lowest BCUT2D eigenvalue weighted by molar-refractivity contribution is -0.142. The van der Waals surface area contributed by atoms with Crippen molar-refractivity contribution in [2.75, 3.05) is 50.1 Å². The van der Waals surface area contributed by atoms with Gasteiger partial charge in [0.25, 0.3) is 11.5 Å². The molecule has 0 aliphatic carbocycles. The molecular weight excluding hydrogens is 616 g/mol. The summed E-state index contributed by atoms with van der Waals surface area (Å²) >= 11 is 0. The lowest BCUT2D eigenvalue weighted by Crippen LogP contribution is -2.50. The predicted molar refractivity (Wildman–Crippen MR) is 171 cm³/mol. The van der Waals surface area contributed by atoms with Crippen LogP contribution < -0.4 is 15.4 Å².